The molecule has 46 heavy (non-hydrogen) atoms. The van der Waals surface area contributed by atoms with E-state index in [4.69, 9.17) is 14.2 Å². The number of anilines is 1. The molecule has 0 unspecified atom stereocenters. The zero-order valence-electron chi connectivity index (χ0n) is 26.7. The number of nitrogens with one attached hydrogen (secondary N) is 1. The molecule has 2 aromatic carbocycles. The van der Waals surface area contributed by atoms with Crippen molar-refractivity contribution in [2.75, 3.05) is 11.9 Å². The highest BCUT2D eigenvalue weighted by molar-refractivity contribution is 7.17. The third kappa shape index (κ3) is 7.23. The van der Waals surface area contributed by atoms with Gasteiger partial charge in [0.05, 0.1) is 35.8 Å². The Hall–Kier alpha value is -4.71. The van der Waals surface area contributed by atoms with E-state index in [1.807, 2.05) is 30.3 Å². The lowest BCUT2D eigenvalue weighted by atomic mass is 9.95. The number of benzene rings is 2. The number of amides is 4. The molecule has 3 heterocycles. The molecule has 0 saturated heterocycles. The molecule has 0 fully saturated rings. The molecule has 11 nitrogen and oxygen atoms in total. The number of fused-ring (bicyclic) bond motifs is 2. The first-order chi connectivity index (χ1) is 21.6. The largest absolute Gasteiger partial charge is 0.456 e. The Bertz CT molecular complexity index is 1650. The lowest BCUT2D eigenvalue weighted by Gasteiger charge is -2.38. The predicted molar refractivity (Wildman–Crippen MR) is 171 cm³/mol. The highest BCUT2D eigenvalue weighted by atomic mass is 32.1. The molecular formula is C34H37N3O8S. The summed E-state index contributed by atoms with van der Waals surface area (Å²) in [6.45, 7) is 10.3. The van der Waals surface area contributed by atoms with Crippen LogP contribution in [0.3, 0.4) is 0 Å². The summed E-state index contributed by atoms with van der Waals surface area (Å²) in [5, 5.41) is 2.92. The first kappa shape index (κ1) is 32.7. The number of carbonyl (C=O) groups excluding carboxylic acids is 5. The highest BCUT2D eigenvalue weighted by Gasteiger charge is 2.43. The maximum Gasteiger partial charge on any atom is 0.412 e. The Morgan fingerprint density at radius 1 is 0.870 bits per heavy atom. The Balaban J connectivity index is 1.49. The van der Waals surface area contributed by atoms with Crippen molar-refractivity contribution in [1.82, 2.24) is 9.80 Å². The molecule has 2 aliphatic heterocycles. The SMILES string of the molecule is CC(C)(C)OC(=O)c1c(NC(=O)OCc2ccccc2)sc2c1C[C@@H](CN1C(=O)c3ccccc3C1=O)N(C(=O)OC(C)(C)C)C2. The van der Waals surface area contributed by atoms with Gasteiger partial charge in [0.25, 0.3) is 11.8 Å². The molecule has 1 N–H and O–H groups in total. The van der Waals surface area contributed by atoms with E-state index in [2.05, 4.69) is 5.32 Å². The predicted octanol–water partition coefficient (Wildman–Crippen LogP) is 6.41. The van der Waals surface area contributed by atoms with Crippen molar-refractivity contribution in [3.05, 3.63) is 87.3 Å². The molecule has 242 valence electrons. The van der Waals surface area contributed by atoms with E-state index in [1.165, 1.54) is 4.90 Å². The number of imide groups is 1. The fraction of sp³-hybridized carbons (Fsp3) is 0.382. The minimum atomic E-state index is -0.840. The van der Waals surface area contributed by atoms with Gasteiger partial charge in [0, 0.05) is 4.88 Å². The standard InChI is InChI=1S/C34H37N3O8S/c1-33(2,3)44-30(40)26-24-16-21(17-37-28(38)22-14-10-11-15-23(22)29(37)39)36(32(42)45-34(4,5)6)18-25(24)46-27(26)35-31(41)43-19-20-12-8-7-9-13-20/h7-15,21H,16-19H2,1-6H3,(H,35,41)/t21-/m0/s1. The second-order valence-corrected chi connectivity index (χ2v) is 14.2. The molecule has 3 aromatic rings. The number of carbonyl (C=O) groups is 5. The topological polar surface area (TPSA) is 132 Å². The van der Waals surface area contributed by atoms with Gasteiger partial charge in [-0.1, -0.05) is 42.5 Å². The molecule has 0 radical (unpaired) electrons. The first-order valence-electron chi connectivity index (χ1n) is 14.9. The Morgan fingerprint density at radius 2 is 1.46 bits per heavy atom. The van der Waals surface area contributed by atoms with Gasteiger partial charge in [-0.15, -0.1) is 11.3 Å². The van der Waals surface area contributed by atoms with E-state index in [0.717, 1.165) is 21.8 Å². The third-order valence-corrected chi connectivity index (χ3v) is 8.35. The summed E-state index contributed by atoms with van der Waals surface area (Å²) in [6.07, 6.45) is -1.31. The number of thiophene rings is 1. The van der Waals surface area contributed by atoms with E-state index in [1.54, 1.807) is 65.8 Å². The summed E-state index contributed by atoms with van der Waals surface area (Å²) in [6, 6.07) is 15.0. The van der Waals surface area contributed by atoms with Gasteiger partial charge in [-0.3, -0.25) is 24.7 Å². The van der Waals surface area contributed by atoms with Crippen LogP contribution < -0.4 is 5.32 Å². The van der Waals surface area contributed by atoms with E-state index < -0.39 is 47.2 Å². The second kappa shape index (κ2) is 12.6. The molecule has 0 aliphatic carbocycles. The zero-order chi connectivity index (χ0) is 33.4. The quantitative estimate of drug-likeness (QED) is 0.185. The van der Waals surface area contributed by atoms with Crippen LogP contribution >= 0.6 is 11.3 Å². The van der Waals surface area contributed by atoms with E-state index in [0.29, 0.717) is 21.6 Å². The van der Waals surface area contributed by atoms with Crippen LogP contribution in [-0.2, 0) is 33.8 Å². The van der Waals surface area contributed by atoms with Gasteiger partial charge < -0.3 is 14.2 Å². The number of hydrogen-bond donors (Lipinski definition) is 1. The van der Waals surface area contributed by atoms with Crippen molar-refractivity contribution in [3.8, 4) is 0 Å². The zero-order valence-corrected chi connectivity index (χ0v) is 27.5. The number of hydrogen-bond acceptors (Lipinski definition) is 9. The van der Waals surface area contributed by atoms with E-state index in [-0.39, 0.29) is 36.7 Å². The molecular weight excluding hydrogens is 610 g/mol. The monoisotopic (exact) mass is 647 g/mol. The van der Waals surface area contributed by atoms with Gasteiger partial charge in [-0.05, 0) is 71.2 Å². The Morgan fingerprint density at radius 3 is 2.04 bits per heavy atom. The van der Waals surface area contributed by atoms with Crippen LogP contribution in [0.2, 0.25) is 0 Å². The Kier molecular flexibility index (Phi) is 8.94. The fourth-order valence-electron chi connectivity index (χ4n) is 5.28. The van der Waals surface area contributed by atoms with Crippen LogP contribution in [0.15, 0.2) is 54.6 Å². The molecule has 0 saturated carbocycles. The van der Waals surface area contributed by atoms with Gasteiger partial charge in [-0.2, -0.15) is 0 Å². The molecule has 12 heteroatoms. The lowest BCUT2D eigenvalue weighted by Crippen LogP contribution is -2.52. The van der Waals surface area contributed by atoms with Crippen molar-refractivity contribution in [1.29, 1.82) is 0 Å². The molecule has 4 amide bonds. The average Bonchev–Trinajstić information content (AvgIpc) is 3.44. The van der Waals surface area contributed by atoms with Crippen LogP contribution in [0, 0.1) is 0 Å². The van der Waals surface area contributed by atoms with Crippen molar-refractivity contribution in [2.45, 2.75) is 78.4 Å². The number of esters is 1. The number of ether oxygens (including phenoxy) is 3. The summed E-state index contributed by atoms with van der Waals surface area (Å²) < 4.78 is 16.9. The minimum absolute atomic E-state index is 0.0132. The molecule has 0 bridgehead atoms. The van der Waals surface area contributed by atoms with Gasteiger partial charge in [0.2, 0.25) is 0 Å². The van der Waals surface area contributed by atoms with Crippen molar-refractivity contribution < 1.29 is 38.2 Å². The molecule has 0 spiro atoms. The molecule has 5 rings (SSSR count). The van der Waals surface area contributed by atoms with Crippen LogP contribution in [-0.4, -0.2) is 63.6 Å². The van der Waals surface area contributed by atoms with Crippen LogP contribution in [0.25, 0.3) is 0 Å². The van der Waals surface area contributed by atoms with Gasteiger partial charge in [0.15, 0.2) is 0 Å². The highest BCUT2D eigenvalue weighted by Crippen LogP contribution is 2.41. The van der Waals surface area contributed by atoms with Crippen molar-refractivity contribution in [3.63, 3.8) is 0 Å². The fourth-order valence-corrected chi connectivity index (χ4v) is 6.49. The van der Waals surface area contributed by atoms with Gasteiger partial charge >= 0.3 is 18.2 Å². The maximum atomic E-state index is 13.7. The Labute approximate surface area is 271 Å². The first-order valence-corrected chi connectivity index (χ1v) is 15.7. The van der Waals surface area contributed by atoms with Crippen LogP contribution in [0.5, 0.6) is 0 Å². The summed E-state index contributed by atoms with van der Waals surface area (Å²) in [5.74, 6) is -1.58. The maximum absolute atomic E-state index is 13.7. The third-order valence-electron chi connectivity index (χ3n) is 7.22. The van der Waals surface area contributed by atoms with Gasteiger partial charge in [-0.25, -0.2) is 14.4 Å². The normalized spacial score (nSPS) is 16.1. The lowest BCUT2D eigenvalue weighted by molar-refractivity contribution is 0.00602. The molecule has 1 aromatic heterocycles. The van der Waals surface area contributed by atoms with Crippen LogP contribution in [0.1, 0.15) is 88.6 Å². The summed E-state index contributed by atoms with van der Waals surface area (Å²) >= 11 is 1.13. The summed E-state index contributed by atoms with van der Waals surface area (Å²) in [7, 11) is 0. The molecule has 2 aliphatic rings. The smallest absolute Gasteiger partial charge is 0.412 e. The van der Waals surface area contributed by atoms with Crippen molar-refractivity contribution >= 4 is 46.3 Å². The molecule has 1 atom stereocenters. The summed E-state index contributed by atoms with van der Waals surface area (Å²) in [5.41, 5.74) is 0.412. The van der Waals surface area contributed by atoms with E-state index in [9.17, 15) is 24.0 Å². The van der Waals surface area contributed by atoms with Crippen LogP contribution in [0.4, 0.5) is 14.6 Å². The van der Waals surface area contributed by atoms with Crippen molar-refractivity contribution in [2.24, 2.45) is 0 Å². The summed E-state index contributed by atoms with van der Waals surface area (Å²) in [4.78, 5) is 69.9. The number of nitrogens with zero attached hydrogens (tertiary/aromatic N) is 2. The van der Waals surface area contributed by atoms with E-state index >= 15 is 0 Å². The number of rotatable bonds is 6. The average molecular weight is 648 g/mol. The van der Waals surface area contributed by atoms with Gasteiger partial charge in [0.1, 0.15) is 22.8 Å². The second-order valence-electron chi connectivity index (χ2n) is 13.1. The minimum Gasteiger partial charge on any atom is -0.456 e.